The lowest BCUT2D eigenvalue weighted by Gasteiger charge is -1.96. The van der Waals surface area contributed by atoms with Crippen LogP contribution in [0.25, 0.3) is 11.4 Å². The fraction of sp³-hybridized carbons (Fsp3) is 0.200. The maximum atomic E-state index is 5.79. The number of hydrogen-bond donors (Lipinski definition) is 2. The number of nitrogens with two attached hydrogens (primary N) is 1. The molecule has 0 saturated heterocycles. The molecule has 3 N–H and O–H groups in total. The summed E-state index contributed by atoms with van der Waals surface area (Å²) in [5, 5.41) is 7.57. The zero-order chi connectivity index (χ0) is 10.8. The Hall–Kier alpha value is -1.39. The molecule has 4 nitrogen and oxygen atoms in total. The van der Waals surface area contributed by atoms with Gasteiger partial charge in [0.2, 0.25) is 0 Å². The van der Waals surface area contributed by atoms with E-state index in [9.17, 15) is 0 Å². The molecule has 1 aromatic heterocycles. The van der Waals surface area contributed by atoms with Crippen LogP contribution in [0.15, 0.2) is 24.3 Å². The van der Waals surface area contributed by atoms with Crippen molar-refractivity contribution in [3.8, 4) is 11.4 Å². The molecule has 15 heavy (non-hydrogen) atoms. The van der Waals surface area contributed by atoms with E-state index in [1.165, 1.54) is 0 Å². The van der Waals surface area contributed by atoms with Crippen LogP contribution in [0.1, 0.15) is 18.8 Å². The summed E-state index contributed by atoms with van der Waals surface area (Å²) in [5.74, 6) is 1.32. The van der Waals surface area contributed by atoms with Crippen molar-refractivity contribution in [3.05, 3.63) is 35.1 Å². The number of aromatic amines is 1. The second kappa shape index (κ2) is 4.00. The molecule has 78 valence electrons. The van der Waals surface area contributed by atoms with Crippen LogP contribution in [-0.4, -0.2) is 15.2 Å². The summed E-state index contributed by atoms with van der Waals surface area (Å²) in [5.41, 5.74) is 6.59. The highest BCUT2D eigenvalue weighted by atomic mass is 35.5. The Balaban J connectivity index is 2.33. The van der Waals surface area contributed by atoms with Gasteiger partial charge in [0.15, 0.2) is 5.82 Å². The third-order valence-corrected chi connectivity index (χ3v) is 2.29. The van der Waals surface area contributed by atoms with Crippen LogP contribution in [0.5, 0.6) is 0 Å². The number of hydrogen-bond acceptors (Lipinski definition) is 3. The highest BCUT2D eigenvalue weighted by Gasteiger charge is 2.08. The molecular weight excluding hydrogens is 212 g/mol. The predicted molar refractivity (Wildman–Crippen MR) is 59.4 cm³/mol. The van der Waals surface area contributed by atoms with Crippen LogP contribution in [0.4, 0.5) is 0 Å². The fourth-order valence-electron chi connectivity index (χ4n) is 1.21. The minimum Gasteiger partial charge on any atom is -0.322 e. The van der Waals surface area contributed by atoms with Crippen molar-refractivity contribution in [1.82, 2.24) is 15.2 Å². The van der Waals surface area contributed by atoms with Crippen molar-refractivity contribution < 1.29 is 0 Å². The van der Waals surface area contributed by atoms with Gasteiger partial charge in [-0.25, -0.2) is 4.98 Å². The van der Waals surface area contributed by atoms with E-state index in [-0.39, 0.29) is 6.04 Å². The van der Waals surface area contributed by atoms with E-state index < -0.39 is 0 Å². The molecule has 0 amide bonds. The van der Waals surface area contributed by atoms with Gasteiger partial charge < -0.3 is 5.73 Å². The van der Waals surface area contributed by atoms with Gasteiger partial charge >= 0.3 is 0 Å². The van der Waals surface area contributed by atoms with E-state index in [4.69, 9.17) is 17.3 Å². The minimum atomic E-state index is -0.140. The first kappa shape index (κ1) is 10.1. The molecule has 0 unspecified atom stereocenters. The molecule has 1 aromatic carbocycles. The van der Waals surface area contributed by atoms with E-state index in [2.05, 4.69) is 15.2 Å². The van der Waals surface area contributed by atoms with E-state index in [0.717, 1.165) is 5.56 Å². The normalized spacial score (nSPS) is 12.7. The summed E-state index contributed by atoms with van der Waals surface area (Å²) in [7, 11) is 0. The molecule has 0 radical (unpaired) electrons. The summed E-state index contributed by atoms with van der Waals surface area (Å²) in [4.78, 5) is 4.27. The standard InChI is InChI=1S/C10H11ClN4/c1-6(12)9-13-10(15-14-9)7-2-4-8(11)5-3-7/h2-6H,12H2,1H3,(H,13,14,15)/t6-/m1/s1. The fourth-order valence-corrected chi connectivity index (χ4v) is 1.33. The summed E-state index contributed by atoms with van der Waals surface area (Å²) in [6.07, 6.45) is 0. The molecule has 1 heterocycles. The number of H-pyrrole nitrogens is 1. The van der Waals surface area contributed by atoms with Gasteiger partial charge in [-0.1, -0.05) is 11.6 Å². The van der Waals surface area contributed by atoms with Gasteiger partial charge in [0.05, 0.1) is 6.04 Å². The van der Waals surface area contributed by atoms with Crippen LogP contribution in [0.3, 0.4) is 0 Å². The van der Waals surface area contributed by atoms with Gasteiger partial charge in [-0.3, -0.25) is 5.10 Å². The SMILES string of the molecule is C[C@@H](N)c1nc(-c2ccc(Cl)cc2)n[nH]1. The molecule has 0 saturated carbocycles. The van der Waals surface area contributed by atoms with Crippen molar-refractivity contribution in [3.63, 3.8) is 0 Å². The van der Waals surface area contributed by atoms with Crippen LogP contribution in [0, 0.1) is 0 Å². The number of aromatic nitrogens is 3. The molecule has 0 fully saturated rings. The molecule has 0 aliphatic heterocycles. The van der Waals surface area contributed by atoms with Gasteiger partial charge in [-0.05, 0) is 31.2 Å². The van der Waals surface area contributed by atoms with E-state index in [0.29, 0.717) is 16.7 Å². The molecule has 2 aromatic rings. The summed E-state index contributed by atoms with van der Waals surface area (Å²) < 4.78 is 0. The smallest absolute Gasteiger partial charge is 0.181 e. The largest absolute Gasteiger partial charge is 0.322 e. The Bertz CT molecular complexity index is 447. The molecule has 0 aliphatic carbocycles. The minimum absolute atomic E-state index is 0.140. The topological polar surface area (TPSA) is 67.6 Å². The molecule has 0 spiro atoms. The highest BCUT2D eigenvalue weighted by Crippen LogP contribution is 2.18. The predicted octanol–water partition coefficient (Wildman–Crippen LogP) is 2.14. The van der Waals surface area contributed by atoms with Crippen molar-refractivity contribution in [2.24, 2.45) is 5.73 Å². The number of nitrogens with one attached hydrogen (secondary N) is 1. The molecular formula is C10H11ClN4. The third kappa shape index (κ3) is 2.16. The van der Waals surface area contributed by atoms with E-state index in [1.54, 1.807) is 12.1 Å². The van der Waals surface area contributed by atoms with E-state index >= 15 is 0 Å². The lowest BCUT2D eigenvalue weighted by Crippen LogP contribution is -2.06. The number of rotatable bonds is 2. The number of halogens is 1. The monoisotopic (exact) mass is 222 g/mol. The van der Waals surface area contributed by atoms with Gasteiger partial charge in [0.25, 0.3) is 0 Å². The van der Waals surface area contributed by atoms with Gasteiger partial charge in [0, 0.05) is 10.6 Å². The summed E-state index contributed by atoms with van der Waals surface area (Å²) in [6, 6.07) is 7.21. The Morgan fingerprint density at radius 3 is 2.53 bits per heavy atom. The summed E-state index contributed by atoms with van der Waals surface area (Å²) >= 11 is 5.79. The van der Waals surface area contributed by atoms with Crippen LogP contribution in [0.2, 0.25) is 5.02 Å². The Labute approximate surface area is 92.5 Å². The van der Waals surface area contributed by atoms with Crippen molar-refractivity contribution in [2.45, 2.75) is 13.0 Å². The Morgan fingerprint density at radius 1 is 1.33 bits per heavy atom. The Kier molecular flexibility index (Phi) is 2.70. The van der Waals surface area contributed by atoms with Gasteiger partial charge in [-0.15, -0.1) is 0 Å². The van der Waals surface area contributed by atoms with Crippen LogP contribution >= 0.6 is 11.6 Å². The number of benzene rings is 1. The van der Waals surface area contributed by atoms with Crippen LogP contribution in [-0.2, 0) is 0 Å². The average molecular weight is 223 g/mol. The molecule has 5 heteroatoms. The molecule has 1 atom stereocenters. The first-order valence-electron chi connectivity index (χ1n) is 4.60. The zero-order valence-electron chi connectivity index (χ0n) is 8.24. The highest BCUT2D eigenvalue weighted by molar-refractivity contribution is 6.30. The van der Waals surface area contributed by atoms with E-state index in [1.807, 2.05) is 19.1 Å². The first-order chi connectivity index (χ1) is 7.16. The average Bonchev–Trinajstić information content (AvgIpc) is 2.68. The van der Waals surface area contributed by atoms with Crippen LogP contribution < -0.4 is 5.73 Å². The maximum Gasteiger partial charge on any atom is 0.181 e. The summed E-state index contributed by atoms with van der Waals surface area (Å²) in [6.45, 7) is 1.85. The second-order valence-corrected chi connectivity index (χ2v) is 3.78. The molecule has 2 rings (SSSR count). The lowest BCUT2D eigenvalue weighted by atomic mass is 10.2. The first-order valence-corrected chi connectivity index (χ1v) is 4.98. The van der Waals surface area contributed by atoms with Crippen molar-refractivity contribution in [1.29, 1.82) is 0 Å². The zero-order valence-corrected chi connectivity index (χ0v) is 8.99. The van der Waals surface area contributed by atoms with Gasteiger partial charge in [0.1, 0.15) is 5.82 Å². The lowest BCUT2D eigenvalue weighted by molar-refractivity contribution is 0.745. The Morgan fingerprint density at radius 2 is 2.00 bits per heavy atom. The van der Waals surface area contributed by atoms with Crippen molar-refractivity contribution in [2.75, 3.05) is 0 Å². The van der Waals surface area contributed by atoms with Crippen molar-refractivity contribution >= 4 is 11.6 Å². The molecule has 0 bridgehead atoms. The maximum absolute atomic E-state index is 5.79. The third-order valence-electron chi connectivity index (χ3n) is 2.04. The van der Waals surface area contributed by atoms with Gasteiger partial charge in [-0.2, -0.15) is 5.10 Å². The second-order valence-electron chi connectivity index (χ2n) is 3.34. The quantitative estimate of drug-likeness (QED) is 0.818. The number of nitrogens with zero attached hydrogens (tertiary/aromatic N) is 2. The molecule has 0 aliphatic rings.